The summed E-state index contributed by atoms with van der Waals surface area (Å²) < 4.78 is 41.1. The average molecular weight is 502 g/mol. The number of alkyl halides is 3. The van der Waals surface area contributed by atoms with Gasteiger partial charge in [0.1, 0.15) is 7.85 Å². The summed E-state index contributed by atoms with van der Waals surface area (Å²) in [6.07, 6.45) is 0.920. The Labute approximate surface area is 203 Å². The summed E-state index contributed by atoms with van der Waals surface area (Å²) in [6.45, 7) is 4.18. The first kappa shape index (κ1) is 26.8. The van der Waals surface area contributed by atoms with E-state index < -0.39 is 12.1 Å². The lowest BCUT2D eigenvalue weighted by molar-refractivity contribution is -0.139. The molecule has 0 aliphatic heterocycles. The van der Waals surface area contributed by atoms with Gasteiger partial charge in [0.2, 0.25) is 0 Å². The molecule has 0 N–H and O–H groups in total. The van der Waals surface area contributed by atoms with Crippen LogP contribution in [-0.2, 0) is 0 Å². The van der Waals surface area contributed by atoms with Gasteiger partial charge in [0.15, 0.2) is 5.78 Å². The van der Waals surface area contributed by atoms with E-state index in [2.05, 4.69) is 13.8 Å². The van der Waals surface area contributed by atoms with Gasteiger partial charge in [-0.25, -0.2) is 0 Å². The van der Waals surface area contributed by atoms with Gasteiger partial charge in [0.25, 0.3) is 0 Å². The van der Waals surface area contributed by atoms with E-state index in [1.165, 1.54) is 12.1 Å². The van der Waals surface area contributed by atoms with Gasteiger partial charge >= 0.3 is 6.18 Å². The highest BCUT2D eigenvalue weighted by atomic mass is 35.5. The zero-order valence-corrected chi connectivity index (χ0v) is 20.0. The van der Waals surface area contributed by atoms with E-state index in [4.69, 9.17) is 42.6 Å². The maximum absolute atomic E-state index is 13.7. The quantitative estimate of drug-likeness (QED) is 0.192. The standard InChI is InChI=1S/C24H23BCl3F3O/c1-3-14(4-2)7-10-22(32)17-8-5-15(11-19(17)25)6-9-18(24(29,30)31)16-12-20(26)23(28)21(27)13-16/h5-6,8-9,11-14,18H,3-4,7,10H2,1-2H3/b9-6+. The van der Waals surface area contributed by atoms with E-state index in [1.807, 2.05) is 0 Å². The third kappa shape index (κ3) is 7.03. The second-order valence-corrected chi connectivity index (χ2v) is 8.86. The van der Waals surface area contributed by atoms with Gasteiger partial charge in [-0.15, -0.1) is 0 Å². The summed E-state index contributed by atoms with van der Waals surface area (Å²) in [5.74, 6) is -1.53. The number of benzene rings is 2. The molecule has 0 spiro atoms. The predicted octanol–water partition coefficient (Wildman–Crippen LogP) is 8.20. The summed E-state index contributed by atoms with van der Waals surface area (Å²) in [5.41, 5.74) is 0.938. The van der Waals surface area contributed by atoms with E-state index in [1.54, 1.807) is 12.1 Å². The lowest BCUT2D eigenvalue weighted by Gasteiger charge is -2.18. The second-order valence-electron chi connectivity index (χ2n) is 7.67. The van der Waals surface area contributed by atoms with Gasteiger partial charge < -0.3 is 0 Å². The van der Waals surface area contributed by atoms with Crippen molar-refractivity contribution in [2.45, 2.75) is 51.6 Å². The van der Waals surface area contributed by atoms with Crippen molar-refractivity contribution in [3.8, 4) is 0 Å². The van der Waals surface area contributed by atoms with Crippen molar-refractivity contribution in [1.82, 2.24) is 0 Å². The fraction of sp³-hybridized carbons (Fsp3) is 0.375. The minimum Gasteiger partial charge on any atom is -0.294 e. The molecule has 0 aromatic heterocycles. The molecule has 1 atom stereocenters. The monoisotopic (exact) mass is 500 g/mol. The molecular formula is C24H23BCl3F3O. The minimum absolute atomic E-state index is 0.000730. The number of Topliss-reactive ketones (excluding diaryl/α,β-unsaturated/α-hetero) is 1. The molecule has 0 aliphatic rings. The first-order valence-electron chi connectivity index (χ1n) is 10.3. The van der Waals surface area contributed by atoms with Gasteiger partial charge in [0.05, 0.1) is 21.0 Å². The molecule has 0 saturated heterocycles. The number of carbonyl (C=O) groups excluding carboxylic acids is 1. The van der Waals surface area contributed by atoms with Crippen molar-refractivity contribution < 1.29 is 18.0 Å². The maximum atomic E-state index is 13.7. The number of rotatable bonds is 9. The minimum atomic E-state index is -4.58. The molecule has 0 heterocycles. The van der Waals surface area contributed by atoms with Crippen LogP contribution in [0.5, 0.6) is 0 Å². The van der Waals surface area contributed by atoms with Crippen molar-refractivity contribution in [2.75, 3.05) is 0 Å². The van der Waals surface area contributed by atoms with Gasteiger partial charge in [-0.05, 0) is 35.6 Å². The van der Waals surface area contributed by atoms with E-state index >= 15 is 0 Å². The molecule has 1 unspecified atom stereocenters. The lowest BCUT2D eigenvalue weighted by atomic mass is 9.85. The normalized spacial score (nSPS) is 13.2. The van der Waals surface area contributed by atoms with Gasteiger partial charge in [-0.3, -0.25) is 4.79 Å². The summed E-state index contributed by atoms with van der Waals surface area (Å²) in [7, 11) is 6.03. The van der Waals surface area contributed by atoms with E-state index in [0.717, 1.165) is 37.5 Å². The third-order valence-electron chi connectivity index (χ3n) is 5.51. The molecular weight excluding hydrogens is 478 g/mol. The van der Waals surface area contributed by atoms with Crippen molar-refractivity contribution in [1.29, 1.82) is 0 Å². The third-order valence-corrected chi connectivity index (χ3v) is 6.71. The summed E-state index contributed by atoms with van der Waals surface area (Å²) in [6, 6.07) is 6.92. The Kier molecular flexibility index (Phi) is 9.75. The topological polar surface area (TPSA) is 17.1 Å². The fourth-order valence-corrected chi connectivity index (χ4v) is 4.09. The number of halogens is 6. The van der Waals surface area contributed by atoms with Gasteiger partial charge in [-0.2, -0.15) is 13.2 Å². The van der Waals surface area contributed by atoms with Crippen LogP contribution in [0.4, 0.5) is 13.2 Å². The van der Waals surface area contributed by atoms with E-state index in [-0.39, 0.29) is 31.9 Å². The zero-order valence-electron chi connectivity index (χ0n) is 17.8. The van der Waals surface area contributed by atoms with Gasteiger partial charge in [0, 0.05) is 12.0 Å². The van der Waals surface area contributed by atoms with Crippen LogP contribution in [-0.4, -0.2) is 19.8 Å². The number of hydrogen-bond acceptors (Lipinski definition) is 1. The summed E-state index contributed by atoms with van der Waals surface area (Å²) in [4.78, 5) is 12.5. The second kappa shape index (κ2) is 11.6. The molecule has 2 rings (SSSR count). The number of hydrogen-bond donors (Lipinski definition) is 0. The molecule has 0 bridgehead atoms. The first-order valence-corrected chi connectivity index (χ1v) is 11.4. The molecule has 0 fully saturated rings. The Morgan fingerprint density at radius 3 is 2.16 bits per heavy atom. The first-order chi connectivity index (χ1) is 15.0. The number of ketones is 1. The largest absolute Gasteiger partial charge is 0.399 e. The summed E-state index contributed by atoms with van der Waals surface area (Å²) in [5, 5.41) is -0.117. The van der Waals surface area contributed by atoms with Crippen LogP contribution >= 0.6 is 34.8 Å². The maximum Gasteiger partial charge on any atom is 0.399 e. The molecule has 1 nitrogen and oxygen atoms in total. The molecule has 2 radical (unpaired) electrons. The Morgan fingerprint density at radius 1 is 1.06 bits per heavy atom. The Bertz CT molecular complexity index is 962. The van der Waals surface area contributed by atoms with Crippen molar-refractivity contribution in [3.63, 3.8) is 0 Å². The molecule has 2 aromatic carbocycles. The highest BCUT2D eigenvalue weighted by molar-refractivity contribution is 6.48. The van der Waals surface area contributed by atoms with Crippen LogP contribution in [0.25, 0.3) is 6.08 Å². The van der Waals surface area contributed by atoms with Gasteiger partial charge in [-0.1, -0.05) is 97.3 Å². The molecule has 2 aromatic rings. The highest BCUT2D eigenvalue weighted by Gasteiger charge is 2.39. The van der Waals surface area contributed by atoms with Crippen LogP contribution in [0.2, 0.25) is 15.1 Å². The zero-order chi connectivity index (χ0) is 24.1. The average Bonchev–Trinajstić information content (AvgIpc) is 2.71. The predicted molar refractivity (Wildman–Crippen MR) is 129 cm³/mol. The SMILES string of the molecule is [B]c1cc(/C=C/C(c2cc(Cl)c(Cl)c(Cl)c2)C(F)(F)F)ccc1C(=O)CCC(CC)CC. The van der Waals surface area contributed by atoms with E-state index in [9.17, 15) is 18.0 Å². The number of carbonyl (C=O) groups is 1. The van der Waals surface area contributed by atoms with Crippen LogP contribution in [0, 0.1) is 5.92 Å². The fourth-order valence-electron chi connectivity index (χ4n) is 3.48. The molecule has 170 valence electrons. The molecule has 0 amide bonds. The van der Waals surface area contributed by atoms with E-state index in [0.29, 0.717) is 23.5 Å². The molecule has 8 heteroatoms. The Morgan fingerprint density at radius 2 is 1.66 bits per heavy atom. The smallest absolute Gasteiger partial charge is 0.294 e. The van der Waals surface area contributed by atoms with Crippen molar-refractivity contribution >= 4 is 60.0 Å². The number of allylic oxidation sites excluding steroid dienone is 1. The Balaban J connectivity index is 2.25. The summed E-state index contributed by atoms with van der Waals surface area (Å²) >= 11 is 17.7. The lowest BCUT2D eigenvalue weighted by Crippen LogP contribution is -2.19. The highest BCUT2D eigenvalue weighted by Crippen LogP contribution is 2.41. The molecule has 0 aliphatic carbocycles. The molecule has 0 saturated carbocycles. The van der Waals surface area contributed by atoms with Crippen LogP contribution in [0.1, 0.15) is 66.9 Å². The van der Waals surface area contributed by atoms with Crippen molar-refractivity contribution in [3.05, 3.63) is 68.2 Å². The van der Waals surface area contributed by atoms with Crippen LogP contribution < -0.4 is 5.46 Å². The Hall–Kier alpha value is -1.43. The molecule has 32 heavy (non-hydrogen) atoms. The van der Waals surface area contributed by atoms with Crippen molar-refractivity contribution in [2.24, 2.45) is 5.92 Å². The van der Waals surface area contributed by atoms with Crippen LogP contribution in [0.15, 0.2) is 36.4 Å². The van der Waals surface area contributed by atoms with Crippen LogP contribution in [0.3, 0.4) is 0 Å².